The van der Waals surface area contributed by atoms with E-state index in [2.05, 4.69) is 9.47 Å². The van der Waals surface area contributed by atoms with Crippen LogP contribution in [0.15, 0.2) is 0 Å². The van der Waals surface area contributed by atoms with Gasteiger partial charge >= 0.3 is 5.97 Å². The van der Waals surface area contributed by atoms with E-state index in [0.29, 0.717) is 19.4 Å². The molecule has 92 valence electrons. The number of carbonyl (C=O) groups excluding carboxylic acids is 3. The van der Waals surface area contributed by atoms with Crippen LogP contribution < -0.4 is 0 Å². The van der Waals surface area contributed by atoms with Gasteiger partial charge in [0.25, 0.3) is 12.9 Å². The predicted octanol–water partition coefficient (Wildman–Crippen LogP) is 0.292. The minimum absolute atomic E-state index is 0.0358. The van der Waals surface area contributed by atoms with Gasteiger partial charge in [-0.25, -0.2) is 0 Å². The molecule has 6 nitrogen and oxygen atoms in total. The summed E-state index contributed by atoms with van der Waals surface area (Å²) in [6, 6.07) is 0. The standard InChI is InChI=1S/C10H16O6/c1-3-10(4-14-7-11,5-15-8-12)6-16-9(2)13/h7-8H,3-6H2,1-2H3. The first-order chi connectivity index (χ1) is 7.60. The quantitative estimate of drug-likeness (QED) is 0.323. The van der Waals surface area contributed by atoms with Gasteiger partial charge < -0.3 is 14.2 Å². The molecule has 0 bridgehead atoms. The third-order valence-corrected chi connectivity index (χ3v) is 2.25. The molecule has 0 aromatic rings. The Morgan fingerprint density at radius 1 is 1.12 bits per heavy atom. The van der Waals surface area contributed by atoms with Gasteiger partial charge in [-0.2, -0.15) is 0 Å². The third kappa shape index (κ3) is 5.33. The number of esters is 1. The van der Waals surface area contributed by atoms with Crippen LogP contribution in [0.2, 0.25) is 0 Å². The van der Waals surface area contributed by atoms with Gasteiger partial charge in [-0.1, -0.05) is 6.92 Å². The van der Waals surface area contributed by atoms with Crippen LogP contribution in [0.4, 0.5) is 0 Å². The Kier molecular flexibility index (Phi) is 6.91. The second kappa shape index (κ2) is 7.67. The van der Waals surface area contributed by atoms with Gasteiger partial charge in [-0.15, -0.1) is 0 Å². The highest BCUT2D eigenvalue weighted by Crippen LogP contribution is 2.23. The lowest BCUT2D eigenvalue weighted by molar-refractivity contribution is -0.152. The molecule has 16 heavy (non-hydrogen) atoms. The summed E-state index contributed by atoms with van der Waals surface area (Å²) in [4.78, 5) is 31.0. The molecule has 0 aromatic heterocycles. The van der Waals surface area contributed by atoms with Crippen LogP contribution in [0.5, 0.6) is 0 Å². The number of hydrogen-bond donors (Lipinski definition) is 0. The van der Waals surface area contributed by atoms with E-state index >= 15 is 0 Å². The first-order valence-corrected chi connectivity index (χ1v) is 4.84. The molecular formula is C10H16O6. The van der Waals surface area contributed by atoms with E-state index in [-0.39, 0.29) is 19.8 Å². The van der Waals surface area contributed by atoms with Gasteiger partial charge in [0, 0.05) is 6.92 Å². The lowest BCUT2D eigenvalue weighted by Gasteiger charge is -2.29. The molecule has 0 rings (SSSR count). The molecular weight excluding hydrogens is 216 g/mol. The molecule has 0 saturated heterocycles. The van der Waals surface area contributed by atoms with Crippen LogP contribution in [-0.2, 0) is 28.6 Å². The highest BCUT2D eigenvalue weighted by atomic mass is 16.6. The summed E-state index contributed by atoms with van der Waals surface area (Å²) in [5.41, 5.74) is -0.673. The summed E-state index contributed by atoms with van der Waals surface area (Å²) in [5, 5.41) is 0. The van der Waals surface area contributed by atoms with Crippen molar-refractivity contribution in [3.8, 4) is 0 Å². The fourth-order valence-electron chi connectivity index (χ4n) is 1.11. The molecule has 0 unspecified atom stereocenters. The van der Waals surface area contributed by atoms with Gasteiger partial charge in [-0.05, 0) is 6.42 Å². The van der Waals surface area contributed by atoms with E-state index in [1.165, 1.54) is 6.92 Å². The zero-order valence-electron chi connectivity index (χ0n) is 9.43. The second-order valence-electron chi connectivity index (χ2n) is 3.45. The predicted molar refractivity (Wildman–Crippen MR) is 53.4 cm³/mol. The minimum Gasteiger partial charge on any atom is -0.467 e. The molecule has 0 aliphatic rings. The Labute approximate surface area is 93.8 Å². The average molecular weight is 232 g/mol. The van der Waals surface area contributed by atoms with Gasteiger partial charge in [0.1, 0.15) is 19.8 Å². The summed E-state index contributed by atoms with van der Waals surface area (Å²) in [5.74, 6) is -0.435. The van der Waals surface area contributed by atoms with Gasteiger partial charge in [0.15, 0.2) is 0 Å². The van der Waals surface area contributed by atoms with Gasteiger partial charge in [0.05, 0.1) is 5.41 Å². The Bertz CT molecular complexity index is 225. The Hall–Kier alpha value is -1.59. The fourth-order valence-corrected chi connectivity index (χ4v) is 1.11. The third-order valence-electron chi connectivity index (χ3n) is 2.25. The maximum Gasteiger partial charge on any atom is 0.302 e. The number of carbonyl (C=O) groups is 3. The van der Waals surface area contributed by atoms with Crippen molar-refractivity contribution < 1.29 is 28.6 Å². The van der Waals surface area contributed by atoms with E-state index in [0.717, 1.165) is 0 Å². The highest BCUT2D eigenvalue weighted by molar-refractivity contribution is 5.65. The number of ether oxygens (including phenoxy) is 3. The van der Waals surface area contributed by atoms with Crippen LogP contribution >= 0.6 is 0 Å². The fraction of sp³-hybridized carbons (Fsp3) is 0.700. The molecule has 0 spiro atoms. The van der Waals surface area contributed by atoms with Gasteiger partial charge in [-0.3, -0.25) is 14.4 Å². The molecule has 0 amide bonds. The molecule has 0 saturated carbocycles. The first-order valence-electron chi connectivity index (χ1n) is 4.84. The summed E-state index contributed by atoms with van der Waals surface area (Å²) < 4.78 is 14.2. The molecule has 0 aromatic carbocycles. The van der Waals surface area contributed by atoms with Crippen molar-refractivity contribution in [2.45, 2.75) is 20.3 Å². The highest BCUT2D eigenvalue weighted by Gasteiger charge is 2.32. The van der Waals surface area contributed by atoms with E-state index in [4.69, 9.17) is 4.74 Å². The van der Waals surface area contributed by atoms with Crippen molar-refractivity contribution in [2.24, 2.45) is 5.41 Å². The molecule has 6 heteroatoms. The molecule has 0 atom stereocenters. The summed E-state index contributed by atoms with van der Waals surface area (Å²) >= 11 is 0. The normalized spacial score (nSPS) is 10.4. The Morgan fingerprint density at radius 3 is 1.94 bits per heavy atom. The van der Waals surface area contributed by atoms with Crippen molar-refractivity contribution in [1.82, 2.24) is 0 Å². The maximum absolute atomic E-state index is 10.7. The van der Waals surface area contributed by atoms with Crippen molar-refractivity contribution in [3.63, 3.8) is 0 Å². The summed E-state index contributed by atoms with van der Waals surface area (Å²) in [7, 11) is 0. The monoisotopic (exact) mass is 232 g/mol. The van der Waals surface area contributed by atoms with E-state index in [1.54, 1.807) is 0 Å². The summed E-state index contributed by atoms with van der Waals surface area (Å²) in [6.07, 6.45) is 0.544. The number of hydrogen-bond acceptors (Lipinski definition) is 6. The zero-order chi connectivity index (χ0) is 12.4. The van der Waals surface area contributed by atoms with E-state index in [1.807, 2.05) is 6.92 Å². The van der Waals surface area contributed by atoms with Gasteiger partial charge in [0.2, 0.25) is 0 Å². The molecule has 0 radical (unpaired) electrons. The lowest BCUT2D eigenvalue weighted by atomic mass is 9.88. The minimum atomic E-state index is -0.673. The Balaban J connectivity index is 4.43. The van der Waals surface area contributed by atoms with Crippen LogP contribution in [0.1, 0.15) is 20.3 Å². The Morgan fingerprint density at radius 2 is 1.62 bits per heavy atom. The first kappa shape index (κ1) is 14.4. The largest absolute Gasteiger partial charge is 0.467 e. The summed E-state index contributed by atoms with van der Waals surface area (Å²) in [6.45, 7) is 3.83. The van der Waals surface area contributed by atoms with Crippen molar-refractivity contribution in [3.05, 3.63) is 0 Å². The van der Waals surface area contributed by atoms with Crippen molar-refractivity contribution in [1.29, 1.82) is 0 Å². The van der Waals surface area contributed by atoms with Crippen molar-refractivity contribution >= 4 is 18.9 Å². The lowest BCUT2D eigenvalue weighted by Crippen LogP contribution is -2.37. The smallest absolute Gasteiger partial charge is 0.302 e. The van der Waals surface area contributed by atoms with Crippen LogP contribution in [0, 0.1) is 5.41 Å². The molecule has 0 aliphatic heterocycles. The topological polar surface area (TPSA) is 78.9 Å². The maximum atomic E-state index is 10.7. The molecule has 0 aliphatic carbocycles. The average Bonchev–Trinajstić information content (AvgIpc) is 2.29. The second-order valence-corrected chi connectivity index (χ2v) is 3.45. The zero-order valence-corrected chi connectivity index (χ0v) is 9.43. The molecule has 0 N–H and O–H groups in total. The van der Waals surface area contributed by atoms with Crippen LogP contribution in [0.25, 0.3) is 0 Å². The van der Waals surface area contributed by atoms with E-state index < -0.39 is 11.4 Å². The SMILES string of the molecule is CCC(COC=O)(COC=O)COC(C)=O. The number of rotatable bonds is 9. The van der Waals surface area contributed by atoms with E-state index in [9.17, 15) is 14.4 Å². The van der Waals surface area contributed by atoms with Crippen molar-refractivity contribution in [2.75, 3.05) is 19.8 Å². The van der Waals surface area contributed by atoms with Crippen LogP contribution in [-0.4, -0.2) is 38.7 Å². The molecule has 0 fully saturated rings. The van der Waals surface area contributed by atoms with Crippen LogP contribution in [0.3, 0.4) is 0 Å². The molecule has 0 heterocycles.